The molecule has 0 aliphatic carbocycles. The largest absolute Gasteiger partial charge is 0.378 e. The van der Waals surface area contributed by atoms with Crippen molar-refractivity contribution in [2.75, 3.05) is 26.3 Å². The van der Waals surface area contributed by atoms with Gasteiger partial charge in [0.05, 0.1) is 18.1 Å². The molecule has 36 heavy (non-hydrogen) atoms. The van der Waals surface area contributed by atoms with E-state index >= 15 is 0 Å². The van der Waals surface area contributed by atoms with E-state index in [-0.39, 0.29) is 28.8 Å². The summed E-state index contributed by atoms with van der Waals surface area (Å²) in [7, 11) is 0. The van der Waals surface area contributed by atoms with Gasteiger partial charge in [0.25, 0.3) is 5.69 Å². The Balaban J connectivity index is 1.61. The van der Waals surface area contributed by atoms with E-state index in [4.69, 9.17) is 4.74 Å². The zero-order valence-corrected chi connectivity index (χ0v) is 19.7. The average Bonchev–Trinajstić information content (AvgIpc) is 3.27. The molecule has 1 fully saturated rings. The second-order valence-corrected chi connectivity index (χ2v) is 8.92. The van der Waals surface area contributed by atoms with Crippen LogP contribution in [0.5, 0.6) is 0 Å². The fourth-order valence-electron chi connectivity index (χ4n) is 4.92. The Kier molecular flexibility index (Phi) is 6.77. The first kappa shape index (κ1) is 23.7. The third-order valence-corrected chi connectivity index (χ3v) is 6.71. The standard InChI is InChI=1S/C28H26FN3O4/c29-21-11-9-20(10-12-21)18-31-19-25(23-6-1-3-7-26(23)31)24(17-28(33)30-13-15-36-16-14-30)22-5-2-4-8-27(22)32(34)35/h1-12,19,24H,13-18H2. The molecule has 5 rings (SSSR count). The number of hydrogen-bond donors (Lipinski definition) is 0. The number of rotatable bonds is 7. The van der Waals surface area contributed by atoms with E-state index in [0.717, 1.165) is 22.0 Å². The molecule has 1 unspecified atom stereocenters. The molecule has 7 nitrogen and oxygen atoms in total. The van der Waals surface area contributed by atoms with Gasteiger partial charge < -0.3 is 14.2 Å². The Bertz CT molecular complexity index is 1390. The number of amides is 1. The number of hydrogen-bond acceptors (Lipinski definition) is 4. The number of benzene rings is 3. The molecule has 1 aromatic heterocycles. The molecule has 8 heteroatoms. The van der Waals surface area contributed by atoms with Gasteiger partial charge in [-0.1, -0.05) is 48.5 Å². The topological polar surface area (TPSA) is 77.6 Å². The highest BCUT2D eigenvalue weighted by Gasteiger charge is 2.30. The van der Waals surface area contributed by atoms with Crippen molar-refractivity contribution in [3.05, 3.63) is 112 Å². The van der Waals surface area contributed by atoms with Crippen molar-refractivity contribution in [1.82, 2.24) is 9.47 Å². The SMILES string of the molecule is O=C(CC(c1ccccc1[N+](=O)[O-])c1cn(Cc2ccc(F)cc2)c2ccccc12)N1CCOCC1. The number of nitro groups is 1. The quantitative estimate of drug-likeness (QED) is 0.268. The molecule has 4 aromatic rings. The van der Waals surface area contributed by atoms with Crippen molar-refractivity contribution >= 4 is 22.5 Å². The van der Waals surface area contributed by atoms with Crippen LogP contribution < -0.4 is 0 Å². The molecular weight excluding hydrogens is 461 g/mol. The first-order valence-corrected chi connectivity index (χ1v) is 11.9. The molecule has 0 bridgehead atoms. The minimum atomic E-state index is -0.513. The maximum Gasteiger partial charge on any atom is 0.273 e. The van der Waals surface area contributed by atoms with Crippen molar-refractivity contribution in [3.63, 3.8) is 0 Å². The summed E-state index contributed by atoms with van der Waals surface area (Å²) >= 11 is 0. The van der Waals surface area contributed by atoms with Crippen LogP contribution >= 0.6 is 0 Å². The molecule has 1 amide bonds. The molecule has 1 aliphatic rings. The van der Waals surface area contributed by atoms with Crippen molar-refractivity contribution in [1.29, 1.82) is 0 Å². The summed E-state index contributed by atoms with van der Waals surface area (Å²) in [5, 5.41) is 12.9. The second-order valence-electron chi connectivity index (χ2n) is 8.92. The van der Waals surface area contributed by atoms with E-state index in [9.17, 15) is 19.3 Å². The van der Waals surface area contributed by atoms with Crippen LogP contribution in [-0.2, 0) is 16.1 Å². The zero-order chi connectivity index (χ0) is 25.1. The molecular formula is C28H26FN3O4. The lowest BCUT2D eigenvalue weighted by Gasteiger charge is -2.28. The Morgan fingerprint density at radius 2 is 1.67 bits per heavy atom. The van der Waals surface area contributed by atoms with Crippen LogP contribution in [0.2, 0.25) is 0 Å². The summed E-state index contributed by atoms with van der Waals surface area (Å²) in [4.78, 5) is 26.7. The molecule has 2 heterocycles. The minimum absolute atomic E-state index is 0.00681. The van der Waals surface area contributed by atoms with Gasteiger partial charge in [-0.3, -0.25) is 14.9 Å². The van der Waals surface area contributed by atoms with Gasteiger partial charge in [-0.2, -0.15) is 0 Å². The Labute approximate surface area is 207 Å². The predicted octanol–water partition coefficient (Wildman–Crippen LogP) is 5.12. The first-order valence-electron chi connectivity index (χ1n) is 11.9. The van der Waals surface area contributed by atoms with Crippen LogP contribution in [0, 0.1) is 15.9 Å². The van der Waals surface area contributed by atoms with Gasteiger partial charge in [-0.15, -0.1) is 0 Å². The van der Waals surface area contributed by atoms with E-state index in [1.165, 1.54) is 18.2 Å². The van der Waals surface area contributed by atoms with E-state index in [1.54, 1.807) is 35.2 Å². The number of para-hydroxylation sites is 2. The highest BCUT2D eigenvalue weighted by Crippen LogP contribution is 2.39. The number of halogens is 1. The van der Waals surface area contributed by atoms with Crippen molar-refractivity contribution in [3.8, 4) is 0 Å². The van der Waals surface area contributed by atoms with Crippen LogP contribution in [0.15, 0.2) is 79.0 Å². The fourth-order valence-corrected chi connectivity index (χ4v) is 4.92. The molecule has 1 atom stereocenters. The maximum absolute atomic E-state index is 13.4. The van der Waals surface area contributed by atoms with Crippen LogP contribution in [0.1, 0.15) is 29.0 Å². The summed E-state index contributed by atoms with van der Waals surface area (Å²) in [6.45, 7) is 2.49. The minimum Gasteiger partial charge on any atom is -0.378 e. The van der Waals surface area contributed by atoms with Gasteiger partial charge in [-0.25, -0.2) is 4.39 Å². The van der Waals surface area contributed by atoms with Crippen molar-refractivity contribution in [2.45, 2.75) is 18.9 Å². The summed E-state index contributed by atoms with van der Waals surface area (Å²) in [6.07, 6.45) is 2.08. The third-order valence-electron chi connectivity index (χ3n) is 6.71. The molecule has 0 N–H and O–H groups in total. The number of aromatic nitrogens is 1. The van der Waals surface area contributed by atoms with Gasteiger partial charge in [0.1, 0.15) is 5.82 Å². The molecule has 0 saturated carbocycles. The summed E-state index contributed by atoms with van der Waals surface area (Å²) in [5.74, 6) is -0.868. The van der Waals surface area contributed by atoms with Gasteiger partial charge in [0, 0.05) is 60.7 Å². The Morgan fingerprint density at radius 1 is 0.972 bits per heavy atom. The number of nitrogens with zero attached hydrogens (tertiary/aromatic N) is 3. The molecule has 1 aliphatic heterocycles. The number of morpholine rings is 1. The Hall–Kier alpha value is -4.04. The Morgan fingerprint density at radius 3 is 2.42 bits per heavy atom. The highest BCUT2D eigenvalue weighted by atomic mass is 19.1. The first-order chi connectivity index (χ1) is 17.5. The second kappa shape index (κ2) is 10.3. The molecule has 3 aromatic carbocycles. The lowest BCUT2D eigenvalue weighted by Crippen LogP contribution is -2.41. The number of fused-ring (bicyclic) bond motifs is 1. The van der Waals surface area contributed by atoms with E-state index in [2.05, 4.69) is 4.57 Å². The van der Waals surface area contributed by atoms with Gasteiger partial charge in [0.2, 0.25) is 5.91 Å². The molecule has 0 radical (unpaired) electrons. The number of carbonyl (C=O) groups is 1. The van der Waals surface area contributed by atoms with Crippen LogP contribution in [0.3, 0.4) is 0 Å². The zero-order valence-electron chi connectivity index (χ0n) is 19.7. The summed E-state index contributed by atoms with van der Waals surface area (Å²) < 4.78 is 20.9. The molecule has 184 valence electrons. The normalized spacial score (nSPS) is 14.6. The van der Waals surface area contributed by atoms with Crippen LogP contribution in [0.25, 0.3) is 10.9 Å². The lowest BCUT2D eigenvalue weighted by molar-refractivity contribution is -0.385. The monoisotopic (exact) mass is 487 g/mol. The number of ether oxygens (including phenoxy) is 1. The lowest BCUT2D eigenvalue weighted by atomic mass is 9.86. The molecule has 1 saturated heterocycles. The number of carbonyl (C=O) groups excluding carboxylic acids is 1. The summed E-state index contributed by atoms with van der Waals surface area (Å²) in [5.41, 5.74) is 3.22. The average molecular weight is 488 g/mol. The smallest absolute Gasteiger partial charge is 0.273 e. The van der Waals surface area contributed by atoms with E-state index < -0.39 is 5.92 Å². The maximum atomic E-state index is 13.4. The fraction of sp³-hybridized carbons (Fsp3) is 0.250. The third kappa shape index (κ3) is 4.85. The van der Waals surface area contributed by atoms with Gasteiger partial charge in [-0.05, 0) is 29.3 Å². The van der Waals surface area contributed by atoms with Crippen LogP contribution in [-0.4, -0.2) is 46.6 Å². The summed E-state index contributed by atoms with van der Waals surface area (Å²) in [6, 6.07) is 20.8. The van der Waals surface area contributed by atoms with Gasteiger partial charge in [0.15, 0.2) is 0 Å². The predicted molar refractivity (Wildman–Crippen MR) is 134 cm³/mol. The number of nitro benzene ring substituents is 1. The van der Waals surface area contributed by atoms with Crippen LogP contribution in [0.4, 0.5) is 10.1 Å². The van der Waals surface area contributed by atoms with Gasteiger partial charge >= 0.3 is 0 Å². The highest BCUT2D eigenvalue weighted by molar-refractivity contribution is 5.87. The van der Waals surface area contributed by atoms with E-state index in [1.807, 2.05) is 30.5 Å². The van der Waals surface area contributed by atoms with Crippen molar-refractivity contribution in [2.24, 2.45) is 0 Å². The van der Waals surface area contributed by atoms with Crippen molar-refractivity contribution < 1.29 is 18.8 Å². The van der Waals surface area contributed by atoms with E-state index in [0.29, 0.717) is 38.4 Å². The molecule has 0 spiro atoms.